The van der Waals surface area contributed by atoms with Crippen LogP contribution < -0.4 is 16.2 Å². The number of halogens is 4. The predicted octanol–water partition coefficient (Wildman–Crippen LogP) is 1.26. The van der Waals surface area contributed by atoms with Crippen LogP contribution in [0.3, 0.4) is 0 Å². The molecule has 194 valence electrons. The van der Waals surface area contributed by atoms with Gasteiger partial charge in [-0.05, 0) is 6.42 Å². The number of nitrogens with two attached hydrogens (primary N) is 1. The van der Waals surface area contributed by atoms with Gasteiger partial charge in [-0.15, -0.1) is 0 Å². The minimum absolute atomic E-state index is 0.0185. The number of aromatic nitrogens is 4. The molecule has 1 unspecified atom stereocenters. The summed E-state index contributed by atoms with van der Waals surface area (Å²) in [4.78, 5) is 44.2. The average Bonchev–Trinajstić information content (AvgIpc) is 3.18. The smallest absolute Gasteiger partial charge is 0.428 e. The second-order valence-corrected chi connectivity index (χ2v) is 7.65. The quantitative estimate of drug-likeness (QED) is 0.427. The first-order valence-corrected chi connectivity index (χ1v) is 10.3. The Morgan fingerprint density at radius 2 is 1.89 bits per heavy atom. The number of ether oxygens (including phenoxy) is 4. The molecule has 1 saturated heterocycles. The molecule has 3 heterocycles. The van der Waals surface area contributed by atoms with E-state index in [4.69, 9.17) is 19.9 Å². The van der Waals surface area contributed by atoms with Crippen LogP contribution in [-0.4, -0.2) is 68.8 Å². The van der Waals surface area contributed by atoms with Gasteiger partial charge in [0.15, 0.2) is 29.7 Å². The van der Waals surface area contributed by atoms with Gasteiger partial charge in [0.05, 0.1) is 7.11 Å². The minimum Gasteiger partial charge on any atom is -0.479 e. The number of alkyl halides is 4. The van der Waals surface area contributed by atoms with E-state index in [0.29, 0.717) is 17.9 Å². The van der Waals surface area contributed by atoms with Crippen molar-refractivity contribution in [3.63, 3.8) is 0 Å². The largest absolute Gasteiger partial charge is 0.479 e. The highest BCUT2D eigenvalue weighted by Crippen LogP contribution is 2.41. The molecule has 1 aliphatic heterocycles. The summed E-state index contributed by atoms with van der Waals surface area (Å²) in [7, 11) is 1.24. The zero-order chi connectivity index (χ0) is 26.2. The van der Waals surface area contributed by atoms with E-state index >= 15 is 4.39 Å². The maximum Gasteiger partial charge on any atom is 0.428 e. The fourth-order valence-electron chi connectivity index (χ4n) is 3.88. The second-order valence-electron chi connectivity index (χ2n) is 7.65. The number of carbonyl (C=O) groups excluding carboxylic acids is 2. The average molecular weight is 509 g/mol. The normalized spacial score (nSPS) is 23.3. The number of nitrogens with zero attached hydrogens (tertiary/aromatic N) is 4. The Balaban J connectivity index is 2.25. The van der Waals surface area contributed by atoms with Gasteiger partial charge in [0, 0.05) is 20.4 Å². The van der Waals surface area contributed by atoms with Crippen molar-refractivity contribution in [3.05, 3.63) is 10.5 Å². The maximum absolute atomic E-state index is 15.4. The summed E-state index contributed by atoms with van der Waals surface area (Å²) in [6.07, 6.45) is -16.9. The number of carbonyl (C=O) groups is 2. The molecule has 1 aliphatic rings. The molecule has 0 spiro atoms. The van der Waals surface area contributed by atoms with Crippen molar-refractivity contribution < 1.29 is 46.1 Å². The van der Waals surface area contributed by atoms with Gasteiger partial charge in [-0.3, -0.25) is 14.2 Å². The molecule has 0 aliphatic carbocycles. The van der Waals surface area contributed by atoms with Crippen LogP contribution in [0.15, 0.2) is 4.79 Å². The van der Waals surface area contributed by atoms with Crippen LogP contribution in [0.4, 0.5) is 23.5 Å². The van der Waals surface area contributed by atoms with Crippen LogP contribution in [0.5, 0.6) is 5.88 Å². The summed E-state index contributed by atoms with van der Waals surface area (Å²) in [6.45, 7) is 3.44. The molecular weight excluding hydrogens is 486 g/mol. The third-order valence-electron chi connectivity index (χ3n) is 5.10. The van der Waals surface area contributed by atoms with Crippen LogP contribution in [0.25, 0.3) is 11.2 Å². The molecule has 2 N–H and O–H groups in total. The molecule has 1 fully saturated rings. The molecule has 0 bridgehead atoms. The van der Waals surface area contributed by atoms with E-state index in [-0.39, 0.29) is 29.5 Å². The summed E-state index contributed by atoms with van der Waals surface area (Å²) in [5.74, 6) is -2.89. The van der Waals surface area contributed by atoms with E-state index in [1.54, 1.807) is 6.92 Å². The van der Waals surface area contributed by atoms with Gasteiger partial charge in [-0.1, -0.05) is 6.92 Å². The van der Waals surface area contributed by atoms with Crippen molar-refractivity contribution in [2.75, 3.05) is 12.8 Å². The van der Waals surface area contributed by atoms with Crippen molar-refractivity contribution in [3.8, 4) is 5.88 Å². The van der Waals surface area contributed by atoms with Gasteiger partial charge in [-0.2, -0.15) is 23.1 Å². The first-order chi connectivity index (χ1) is 16.3. The van der Waals surface area contributed by atoms with Gasteiger partial charge in [-0.25, -0.2) is 13.8 Å². The number of esters is 2. The molecule has 2 aromatic heterocycles. The number of rotatable bonds is 7. The van der Waals surface area contributed by atoms with Crippen molar-refractivity contribution in [2.24, 2.45) is 0 Å². The summed E-state index contributed by atoms with van der Waals surface area (Å²) in [5, 5.41) is 0. The molecule has 35 heavy (non-hydrogen) atoms. The van der Waals surface area contributed by atoms with E-state index in [1.807, 2.05) is 0 Å². The van der Waals surface area contributed by atoms with E-state index in [2.05, 4.69) is 14.7 Å². The molecular formula is C19H23F4N5O7. The first kappa shape index (κ1) is 26.2. The molecule has 3 rings (SSSR count). The highest BCUT2D eigenvalue weighted by atomic mass is 19.4. The Bertz CT molecular complexity index is 1180. The SMILES string of the molecule is CCCn1c(=O)n([C@@H]2O[C@H](C(OC(C)=O)C(F)(F)F)[C@H](F)[C@H]2OC(C)=O)c2nc(N)nc(OC)c21. The molecule has 12 nitrogen and oxygen atoms in total. The molecule has 0 saturated carbocycles. The van der Waals surface area contributed by atoms with Gasteiger partial charge in [0.25, 0.3) is 0 Å². The molecule has 0 amide bonds. The van der Waals surface area contributed by atoms with Crippen molar-refractivity contribution in [1.29, 1.82) is 0 Å². The van der Waals surface area contributed by atoms with Gasteiger partial charge in [0.2, 0.25) is 17.9 Å². The fourth-order valence-corrected chi connectivity index (χ4v) is 3.88. The third-order valence-corrected chi connectivity index (χ3v) is 5.10. The number of fused-ring (bicyclic) bond motifs is 1. The topological polar surface area (TPSA) is 150 Å². The molecule has 0 radical (unpaired) electrons. The lowest BCUT2D eigenvalue weighted by Gasteiger charge is -2.26. The number of aryl methyl sites for hydroxylation is 1. The lowest BCUT2D eigenvalue weighted by Crippen LogP contribution is -2.47. The number of imidazole rings is 1. The Hall–Kier alpha value is -3.43. The van der Waals surface area contributed by atoms with Crippen molar-refractivity contribution >= 4 is 29.1 Å². The second kappa shape index (κ2) is 9.67. The number of methoxy groups -OCH3 is 1. The van der Waals surface area contributed by atoms with E-state index in [9.17, 15) is 27.6 Å². The van der Waals surface area contributed by atoms with Crippen molar-refractivity contribution in [2.45, 2.75) is 70.6 Å². The zero-order valence-electron chi connectivity index (χ0n) is 19.0. The Morgan fingerprint density at radius 1 is 1.23 bits per heavy atom. The monoisotopic (exact) mass is 509 g/mol. The van der Waals surface area contributed by atoms with Gasteiger partial charge >= 0.3 is 23.8 Å². The fraction of sp³-hybridized carbons (Fsp3) is 0.632. The number of hydrogen-bond donors (Lipinski definition) is 1. The number of hydrogen-bond acceptors (Lipinski definition) is 10. The summed E-state index contributed by atoms with van der Waals surface area (Å²) in [6, 6.07) is 0. The zero-order valence-corrected chi connectivity index (χ0v) is 19.0. The Kier molecular flexibility index (Phi) is 7.23. The predicted molar refractivity (Wildman–Crippen MR) is 109 cm³/mol. The highest BCUT2D eigenvalue weighted by Gasteiger charge is 2.60. The molecule has 5 atom stereocenters. The summed E-state index contributed by atoms with van der Waals surface area (Å²) in [5.41, 5.74) is 4.58. The van der Waals surface area contributed by atoms with Crippen LogP contribution in [0.2, 0.25) is 0 Å². The molecule has 2 aromatic rings. The van der Waals surface area contributed by atoms with E-state index in [1.165, 1.54) is 7.11 Å². The lowest BCUT2D eigenvalue weighted by atomic mass is 10.1. The Morgan fingerprint density at radius 3 is 2.40 bits per heavy atom. The first-order valence-electron chi connectivity index (χ1n) is 10.3. The van der Waals surface area contributed by atoms with E-state index < -0.39 is 54.5 Å². The number of anilines is 1. The van der Waals surface area contributed by atoms with Crippen LogP contribution in [-0.2, 0) is 30.3 Å². The van der Waals surface area contributed by atoms with Gasteiger partial charge < -0.3 is 24.7 Å². The number of nitrogen functional groups attached to an aromatic ring is 1. The molecule has 0 aromatic carbocycles. The van der Waals surface area contributed by atoms with Crippen LogP contribution >= 0.6 is 0 Å². The highest BCUT2D eigenvalue weighted by molar-refractivity contribution is 5.78. The van der Waals surface area contributed by atoms with Crippen LogP contribution in [0.1, 0.15) is 33.4 Å². The standard InChI is InChI=1S/C19H23F4N5O7/c1-5-6-27-10-14(25-17(24)26-15(10)32-4)28(18(27)31)16-12(33-7(2)29)9(20)11(35-16)13(19(21,22)23)34-8(3)30/h9,11-13,16H,5-6H2,1-4H3,(H2,24,25,26)/t9-,11-,12+,13?,16+/m0/s1. The Labute approximate surface area is 194 Å². The maximum atomic E-state index is 15.4. The lowest BCUT2D eigenvalue weighted by molar-refractivity contribution is -0.252. The van der Waals surface area contributed by atoms with E-state index in [0.717, 1.165) is 11.5 Å². The van der Waals surface area contributed by atoms with Crippen LogP contribution in [0, 0.1) is 0 Å². The minimum atomic E-state index is -5.24. The van der Waals surface area contributed by atoms with Gasteiger partial charge in [0.1, 0.15) is 6.10 Å². The third kappa shape index (κ3) is 4.87. The van der Waals surface area contributed by atoms with Crippen molar-refractivity contribution in [1.82, 2.24) is 19.1 Å². The molecule has 16 heteroatoms. The summed E-state index contributed by atoms with van der Waals surface area (Å²) < 4.78 is 77.9. The summed E-state index contributed by atoms with van der Waals surface area (Å²) >= 11 is 0.